The first-order valence-corrected chi connectivity index (χ1v) is 4.30. The molecule has 58 valence electrons. The van der Waals surface area contributed by atoms with Crippen LogP contribution in [-0.4, -0.2) is 27.3 Å². The summed E-state index contributed by atoms with van der Waals surface area (Å²) in [5.41, 5.74) is 0. The van der Waals surface area contributed by atoms with Crippen molar-refractivity contribution in [2.24, 2.45) is 5.92 Å². The SMILES string of the molecule is O=C(O)C1CCCN(I)C1. The topological polar surface area (TPSA) is 40.5 Å². The van der Waals surface area contributed by atoms with Crippen molar-refractivity contribution in [2.75, 3.05) is 13.1 Å². The first-order chi connectivity index (χ1) is 4.70. The number of hydrogen-bond donors (Lipinski definition) is 1. The Morgan fingerprint density at radius 2 is 2.40 bits per heavy atom. The second-order valence-electron chi connectivity index (χ2n) is 2.55. The van der Waals surface area contributed by atoms with Gasteiger partial charge in [-0.15, -0.1) is 0 Å². The second-order valence-corrected chi connectivity index (χ2v) is 3.91. The Hall–Kier alpha value is 0.160. The molecule has 10 heavy (non-hydrogen) atoms. The normalized spacial score (nSPS) is 28.3. The molecule has 0 aliphatic carbocycles. The smallest absolute Gasteiger partial charge is 0.307 e. The van der Waals surface area contributed by atoms with Crippen molar-refractivity contribution in [1.29, 1.82) is 0 Å². The zero-order chi connectivity index (χ0) is 7.56. The van der Waals surface area contributed by atoms with Crippen LogP contribution < -0.4 is 0 Å². The van der Waals surface area contributed by atoms with Gasteiger partial charge >= 0.3 is 5.97 Å². The lowest BCUT2D eigenvalue weighted by molar-refractivity contribution is -0.142. The van der Waals surface area contributed by atoms with Crippen molar-refractivity contribution < 1.29 is 9.90 Å². The molecule has 0 bridgehead atoms. The zero-order valence-electron chi connectivity index (χ0n) is 5.59. The molecule has 1 N–H and O–H groups in total. The highest BCUT2D eigenvalue weighted by atomic mass is 127. The van der Waals surface area contributed by atoms with Crippen LogP contribution in [0.5, 0.6) is 0 Å². The molecule has 3 nitrogen and oxygen atoms in total. The number of aliphatic carboxylic acids is 1. The van der Waals surface area contributed by atoms with Gasteiger partial charge in [0.1, 0.15) is 0 Å². The highest BCUT2D eigenvalue weighted by molar-refractivity contribution is 14.1. The molecule has 0 spiro atoms. The van der Waals surface area contributed by atoms with Crippen molar-refractivity contribution in [3.8, 4) is 0 Å². The molecule has 1 atom stereocenters. The van der Waals surface area contributed by atoms with E-state index in [4.69, 9.17) is 5.11 Å². The third kappa shape index (κ3) is 2.09. The van der Waals surface area contributed by atoms with Gasteiger partial charge in [-0.1, -0.05) is 0 Å². The molecule has 1 rings (SSSR count). The number of nitrogens with zero attached hydrogens (tertiary/aromatic N) is 1. The average Bonchev–Trinajstić information content (AvgIpc) is 1.88. The first kappa shape index (κ1) is 8.26. The number of carboxylic acids is 1. The predicted octanol–water partition coefficient (Wildman–Crippen LogP) is 1.13. The third-order valence-corrected chi connectivity index (χ3v) is 2.60. The van der Waals surface area contributed by atoms with Gasteiger partial charge < -0.3 is 5.11 Å². The lowest BCUT2D eigenvalue weighted by atomic mass is 10.0. The summed E-state index contributed by atoms with van der Waals surface area (Å²) < 4.78 is 2.04. The van der Waals surface area contributed by atoms with Crippen LogP contribution in [0.15, 0.2) is 0 Å². The minimum absolute atomic E-state index is 0.134. The predicted molar refractivity (Wildman–Crippen MR) is 46.0 cm³/mol. The van der Waals surface area contributed by atoms with Gasteiger partial charge in [0, 0.05) is 36.0 Å². The van der Waals surface area contributed by atoms with E-state index in [1.165, 1.54) is 0 Å². The Morgan fingerprint density at radius 3 is 2.80 bits per heavy atom. The fraction of sp³-hybridized carbons (Fsp3) is 0.833. The van der Waals surface area contributed by atoms with Gasteiger partial charge in [-0.05, 0) is 12.8 Å². The lowest BCUT2D eigenvalue weighted by Crippen LogP contribution is -2.32. The first-order valence-electron chi connectivity index (χ1n) is 3.33. The van der Waals surface area contributed by atoms with Gasteiger partial charge in [0.15, 0.2) is 0 Å². The number of piperidine rings is 1. The van der Waals surface area contributed by atoms with Crippen LogP contribution in [0.1, 0.15) is 12.8 Å². The molecule has 1 heterocycles. The fourth-order valence-electron chi connectivity index (χ4n) is 1.13. The van der Waals surface area contributed by atoms with Crippen LogP contribution >= 0.6 is 22.9 Å². The second kappa shape index (κ2) is 3.52. The van der Waals surface area contributed by atoms with Crippen LogP contribution in [0.2, 0.25) is 0 Å². The van der Waals surface area contributed by atoms with E-state index in [0.717, 1.165) is 19.4 Å². The summed E-state index contributed by atoms with van der Waals surface area (Å²) in [6.45, 7) is 1.74. The maximum absolute atomic E-state index is 10.5. The third-order valence-electron chi connectivity index (χ3n) is 1.72. The van der Waals surface area contributed by atoms with E-state index < -0.39 is 5.97 Å². The summed E-state index contributed by atoms with van der Waals surface area (Å²) in [6.07, 6.45) is 1.86. The molecule has 1 aliphatic rings. The maximum atomic E-state index is 10.5. The van der Waals surface area contributed by atoms with Crippen molar-refractivity contribution >= 4 is 28.8 Å². The fourth-order valence-corrected chi connectivity index (χ4v) is 1.95. The van der Waals surface area contributed by atoms with Gasteiger partial charge in [-0.25, -0.2) is 3.11 Å². The van der Waals surface area contributed by atoms with E-state index in [0.29, 0.717) is 6.54 Å². The number of carbonyl (C=O) groups is 1. The monoisotopic (exact) mass is 255 g/mol. The van der Waals surface area contributed by atoms with Gasteiger partial charge in [-0.3, -0.25) is 4.79 Å². The molecule has 1 fully saturated rings. The molecule has 4 heteroatoms. The molecule has 1 saturated heterocycles. The quantitative estimate of drug-likeness (QED) is 0.564. The molecule has 0 radical (unpaired) electrons. The minimum atomic E-state index is -0.652. The standard InChI is InChI=1S/C6H10INO2/c7-8-3-1-2-5(4-8)6(9)10/h5H,1-4H2,(H,9,10). The molecule has 0 amide bonds. The maximum Gasteiger partial charge on any atom is 0.307 e. The van der Waals surface area contributed by atoms with E-state index in [-0.39, 0.29) is 5.92 Å². The molecule has 0 aromatic heterocycles. The molecular formula is C6H10INO2. The Bertz CT molecular complexity index is 140. The zero-order valence-corrected chi connectivity index (χ0v) is 7.74. The summed E-state index contributed by atoms with van der Waals surface area (Å²) in [4.78, 5) is 10.5. The van der Waals surface area contributed by atoms with Crippen LogP contribution in [0.3, 0.4) is 0 Å². The van der Waals surface area contributed by atoms with Gasteiger partial charge in [0.25, 0.3) is 0 Å². The Kier molecular flexibility index (Phi) is 2.91. The lowest BCUT2D eigenvalue weighted by Gasteiger charge is -2.24. The molecular weight excluding hydrogens is 245 g/mol. The van der Waals surface area contributed by atoms with Gasteiger partial charge in [0.2, 0.25) is 0 Å². The summed E-state index contributed by atoms with van der Waals surface area (Å²) >= 11 is 2.18. The van der Waals surface area contributed by atoms with Crippen LogP contribution in [0, 0.1) is 5.92 Å². The molecule has 1 unspecified atom stereocenters. The minimum Gasteiger partial charge on any atom is -0.481 e. The Labute approximate surface area is 73.9 Å². The number of halogens is 1. The van der Waals surface area contributed by atoms with E-state index in [1.54, 1.807) is 0 Å². The van der Waals surface area contributed by atoms with E-state index in [2.05, 4.69) is 22.9 Å². The van der Waals surface area contributed by atoms with E-state index in [1.807, 2.05) is 3.11 Å². The molecule has 1 aliphatic heterocycles. The number of rotatable bonds is 1. The summed E-state index contributed by atoms with van der Waals surface area (Å²) in [5, 5.41) is 8.63. The highest BCUT2D eigenvalue weighted by Crippen LogP contribution is 2.18. The highest BCUT2D eigenvalue weighted by Gasteiger charge is 2.23. The van der Waals surface area contributed by atoms with Crippen LogP contribution in [0.4, 0.5) is 0 Å². The van der Waals surface area contributed by atoms with Crippen molar-refractivity contribution in [3.05, 3.63) is 0 Å². The summed E-state index contributed by atoms with van der Waals surface area (Å²) in [6, 6.07) is 0. The Morgan fingerprint density at radius 1 is 1.70 bits per heavy atom. The number of hydrogen-bond acceptors (Lipinski definition) is 2. The molecule has 0 saturated carbocycles. The molecule has 0 aromatic rings. The summed E-state index contributed by atoms with van der Waals surface area (Å²) in [7, 11) is 0. The summed E-state index contributed by atoms with van der Waals surface area (Å²) in [5.74, 6) is -0.785. The largest absolute Gasteiger partial charge is 0.481 e. The van der Waals surface area contributed by atoms with Crippen molar-refractivity contribution in [3.63, 3.8) is 0 Å². The van der Waals surface area contributed by atoms with Crippen molar-refractivity contribution in [2.45, 2.75) is 12.8 Å². The molecule has 0 aromatic carbocycles. The van der Waals surface area contributed by atoms with Crippen LogP contribution in [-0.2, 0) is 4.79 Å². The van der Waals surface area contributed by atoms with E-state index >= 15 is 0 Å². The average molecular weight is 255 g/mol. The van der Waals surface area contributed by atoms with E-state index in [9.17, 15) is 4.79 Å². The Balaban J connectivity index is 2.39. The van der Waals surface area contributed by atoms with Gasteiger partial charge in [-0.2, -0.15) is 0 Å². The van der Waals surface area contributed by atoms with Gasteiger partial charge in [0.05, 0.1) is 5.92 Å². The van der Waals surface area contributed by atoms with Crippen molar-refractivity contribution in [1.82, 2.24) is 3.11 Å². The van der Waals surface area contributed by atoms with Crippen LogP contribution in [0.25, 0.3) is 0 Å². The number of carboxylic acid groups (broad SMARTS) is 1.